The first-order valence-electron chi connectivity index (χ1n) is 9.87. The fraction of sp³-hybridized carbons (Fsp3) is 0.550. The predicted octanol–water partition coefficient (Wildman–Crippen LogP) is 0.161. The van der Waals surface area contributed by atoms with E-state index in [9.17, 15) is 23.2 Å². The molecule has 0 radical (unpaired) electrons. The number of nitrogens with one attached hydrogen (secondary N) is 3. The summed E-state index contributed by atoms with van der Waals surface area (Å²) in [4.78, 5) is 37.7. The minimum Gasteiger partial charge on any atom is -0.369 e. The second-order valence-electron chi connectivity index (χ2n) is 8.00. The lowest BCUT2D eigenvalue weighted by Crippen LogP contribution is -2.71. The summed E-state index contributed by atoms with van der Waals surface area (Å²) in [6, 6.07) is 4.55. The minimum atomic E-state index is -3.04. The van der Waals surface area contributed by atoms with Gasteiger partial charge in [-0.05, 0) is 23.6 Å². The van der Waals surface area contributed by atoms with Crippen LogP contribution in [-0.2, 0) is 27.4 Å². The standard InChI is InChI=1S/C20H24F2N4O4/c1-30-19(9-24-10-19)20(21,22)11-23-7-12-2-3-13-8-26(18(29)14(13)6-12)15-4-5-16(27)25-17(15)28/h2-3,6,15,23-24H,4-5,7-11H2,1H3,(H,25,27,28). The van der Waals surface area contributed by atoms with E-state index >= 15 is 0 Å². The molecule has 30 heavy (non-hydrogen) atoms. The molecule has 1 unspecified atom stereocenters. The second-order valence-corrected chi connectivity index (χ2v) is 8.00. The topological polar surface area (TPSA) is 99.8 Å². The molecule has 1 aromatic rings. The zero-order valence-electron chi connectivity index (χ0n) is 16.6. The third-order valence-corrected chi connectivity index (χ3v) is 6.15. The van der Waals surface area contributed by atoms with Crippen LogP contribution in [0.3, 0.4) is 0 Å². The Morgan fingerprint density at radius 1 is 1.30 bits per heavy atom. The molecule has 162 valence electrons. The molecule has 2 fully saturated rings. The number of alkyl halides is 2. The van der Waals surface area contributed by atoms with Crippen LogP contribution in [0.2, 0.25) is 0 Å². The van der Waals surface area contributed by atoms with Crippen molar-refractivity contribution in [2.75, 3.05) is 26.7 Å². The molecule has 0 spiro atoms. The van der Waals surface area contributed by atoms with Gasteiger partial charge in [0.15, 0.2) is 5.60 Å². The van der Waals surface area contributed by atoms with Crippen molar-refractivity contribution in [3.8, 4) is 0 Å². The number of piperidine rings is 1. The summed E-state index contributed by atoms with van der Waals surface area (Å²) in [6.45, 7) is 0.108. The maximum absolute atomic E-state index is 14.5. The molecular weight excluding hydrogens is 398 g/mol. The largest absolute Gasteiger partial charge is 0.369 e. The van der Waals surface area contributed by atoms with Gasteiger partial charge in [0, 0.05) is 45.3 Å². The van der Waals surface area contributed by atoms with Crippen molar-refractivity contribution < 1.29 is 27.9 Å². The number of nitrogens with zero attached hydrogens (tertiary/aromatic N) is 1. The van der Waals surface area contributed by atoms with E-state index in [0.29, 0.717) is 17.5 Å². The van der Waals surface area contributed by atoms with Crippen molar-refractivity contribution in [1.82, 2.24) is 20.9 Å². The number of hydrogen-bond donors (Lipinski definition) is 3. The molecule has 0 aromatic heterocycles. The third-order valence-electron chi connectivity index (χ3n) is 6.15. The quantitative estimate of drug-likeness (QED) is 0.542. The van der Waals surface area contributed by atoms with Crippen molar-refractivity contribution in [3.63, 3.8) is 0 Å². The Morgan fingerprint density at radius 3 is 2.70 bits per heavy atom. The van der Waals surface area contributed by atoms with Gasteiger partial charge >= 0.3 is 0 Å². The number of imide groups is 1. The molecule has 2 saturated heterocycles. The first kappa shape index (κ1) is 20.8. The number of hydrogen-bond acceptors (Lipinski definition) is 6. The lowest BCUT2D eigenvalue weighted by molar-refractivity contribution is -0.215. The highest BCUT2D eigenvalue weighted by atomic mass is 19.3. The maximum atomic E-state index is 14.5. The lowest BCUT2D eigenvalue weighted by atomic mass is 9.88. The fourth-order valence-corrected chi connectivity index (χ4v) is 4.14. The number of methoxy groups -OCH3 is 1. The maximum Gasteiger partial charge on any atom is 0.291 e. The van der Waals surface area contributed by atoms with Gasteiger partial charge in [-0.15, -0.1) is 0 Å². The van der Waals surface area contributed by atoms with Crippen LogP contribution in [0.25, 0.3) is 0 Å². The van der Waals surface area contributed by atoms with Crippen molar-refractivity contribution in [2.24, 2.45) is 0 Å². The molecular formula is C20H24F2N4O4. The Bertz CT molecular complexity index is 882. The van der Waals surface area contributed by atoms with Gasteiger partial charge in [-0.3, -0.25) is 19.7 Å². The first-order valence-corrected chi connectivity index (χ1v) is 9.87. The zero-order chi connectivity index (χ0) is 21.5. The van der Waals surface area contributed by atoms with E-state index in [-0.39, 0.29) is 44.4 Å². The minimum absolute atomic E-state index is 0.0989. The highest BCUT2D eigenvalue weighted by Crippen LogP contribution is 2.34. The fourth-order valence-electron chi connectivity index (χ4n) is 4.14. The van der Waals surface area contributed by atoms with Gasteiger partial charge in [0.2, 0.25) is 11.8 Å². The highest BCUT2D eigenvalue weighted by molar-refractivity contribution is 6.05. The molecule has 0 saturated carbocycles. The van der Waals surface area contributed by atoms with Gasteiger partial charge in [-0.2, -0.15) is 0 Å². The van der Waals surface area contributed by atoms with Crippen LogP contribution in [0, 0.1) is 0 Å². The number of benzene rings is 1. The molecule has 3 heterocycles. The number of halogens is 2. The average molecular weight is 422 g/mol. The number of carbonyl (C=O) groups is 3. The van der Waals surface area contributed by atoms with Gasteiger partial charge in [0.05, 0.1) is 6.54 Å². The van der Waals surface area contributed by atoms with E-state index < -0.39 is 30.0 Å². The van der Waals surface area contributed by atoms with Crippen LogP contribution < -0.4 is 16.0 Å². The summed E-state index contributed by atoms with van der Waals surface area (Å²) in [5.74, 6) is -4.12. The number of carbonyl (C=O) groups excluding carboxylic acids is 3. The third kappa shape index (κ3) is 3.48. The van der Waals surface area contributed by atoms with E-state index in [1.165, 1.54) is 12.0 Å². The van der Waals surface area contributed by atoms with Gasteiger partial charge in [-0.1, -0.05) is 12.1 Å². The predicted molar refractivity (Wildman–Crippen MR) is 102 cm³/mol. The van der Waals surface area contributed by atoms with Crippen LogP contribution in [0.15, 0.2) is 18.2 Å². The summed E-state index contributed by atoms with van der Waals surface area (Å²) >= 11 is 0. The zero-order valence-corrected chi connectivity index (χ0v) is 16.6. The van der Waals surface area contributed by atoms with E-state index in [2.05, 4.69) is 16.0 Å². The SMILES string of the molecule is COC1(C(F)(F)CNCc2ccc3c(c2)C(=O)N(C2CCC(=O)NC2=O)C3)CNC1. The summed E-state index contributed by atoms with van der Waals surface area (Å²) in [5, 5.41) is 7.84. The summed E-state index contributed by atoms with van der Waals surface area (Å²) in [6.07, 6.45) is 0.488. The van der Waals surface area contributed by atoms with Crippen molar-refractivity contribution in [2.45, 2.75) is 43.5 Å². The monoisotopic (exact) mass is 422 g/mol. The van der Waals surface area contributed by atoms with E-state index in [0.717, 1.165) is 5.56 Å². The van der Waals surface area contributed by atoms with Gasteiger partial charge in [0.1, 0.15) is 6.04 Å². The summed E-state index contributed by atoms with van der Waals surface area (Å²) < 4.78 is 34.0. The Kier molecular flexibility index (Phi) is 5.33. The first-order chi connectivity index (χ1) is 14.3. The van der Waals surface area contributed by atoms with Crippen molar-refractivity contribution in [1.29, 1.82) is 0 Å². The summed E-state index contributed by atoms with van der Waals surface area (Å²) in [7, 11) is 1.29. The van der Waals surface area contributed by atoms with Crippen LogP contribution in [0.1, 0.15) is 34.3 Å². The Labute approximate surface area is 172 Å². The Morgan fingerprint density at radius 2 is 2.07 bits per heavy atom. The molecule has 1 aromatic carbocycles. The average Bonchev–Trinajstić information content (AvgIpc) is 2.97. The van der Waals surface area contributed by atoms with Crippen molar-refractivity contribution >= 4 is 17.7 Å². The van der Waals surface area contributed by atoms with E-state index in [1.54, 1.807) is 18.2 Å². The summed E-state index contributed by atoms with van der Waals surface area (Å²) in [5.41, 5.74) is 0.442. The number of fused-ring (bicyclic) bond motifs is 1. The molecule has 3 N–H and O–H groups in total. The normalized spacial score (nSPS) is 23.2. The lowest BCUT2D eigenvalue weighted by Gasteiger charge is -2.46. The van der Waals surface area contributed by atoms with Crippen LogP contribution in [0.5, 0.6) is 0 Å². The molecule has 0 aliphatic carbocycles. The highest BCUT2D eigenvalue weighted by Gasteiger charge is 2.57. The van der Waals surface area contributed by atoms with Crippen LogP contribution >= 0.6 is 0 Å². The molecule has 8 nitrogen and oxygen atoms in total. The van der Waals surface area contributed by atoms with E-state index in [4.69, 9.17) is 4.74 Å². The molecule has 3 aliphatic heterocycles. The van der Waals surface area contributed by atoms with E-state index in [1.807, 2.05) is 0 Å². The molecule has 1 atom stereocenters. The Balaban J connectivity index is 1.39. The number of ether oxygens (including phenoxy) is 1. The van der Waals surface area contributed by atoms with Crippen LogP contribution in [0.4, 0.5) is 8.78 Å². The Hall–Kier alpha value is -2.43. The molecule has 0 bridgehead atoms. The number of amides is 3. The molecule has 3 amide bonds. The van der Waals surface area contributed by atoms with Gasteiger partial charge in [0.25, 0.3) is 11.8 Å². The molecule has 4 rings (SSSR count). The number of rotatable bonds is 7. The van der Waals surface area contributed by atoms with Gasteiger partial charge < -0.3 is 20.3 Å². The molecule has 10 heteroatoms. The van der Waals surface area contributed by atoms with Crippen molar-refractivity contribution in [3.05, 3.63) is 34.9 Å². The van der Waals surface area contributed by atoms with Gasteiger partial charge in [-0.25, -0.2) is 8.78 Å². The van der Waals surface area contributed by atoms with Crippen LogP contribution in [-0.4, -0.2) is 66.9 Å². The smallest absolute Gasteiger partial charge is 0.291 e. The molecule has 3 aliphatic rings. The second kappa shape index (κ2) is 7.68.